The number of amides is 1. The van der Waals surface area contributed by atoms with Gasteiger partial charge in [0.05, 0.1) is 4.92 Å². The van der Waals surface area contributed by atoms with Gasteiger partial charge in [-0.25, -0.2) is 0 Å². The molecule has 8 heteroatoms. The molecule has 1 heterocycles. The molecule has 104 valence electrons. The van der Waals surface area contributed by atoms with Crippen LogP contribution in [-0.2, 0) is 6.54 Å². The second-order valence-corrected chi connectivity index (χ2v) is 5.06. The van der Waals surface area contributed by atoms with E-state index in [1.807, 2.05) is 0 Å². The summed E-state index contributed by atoms with van der Waals surface area (Å²) in [4.78, 5) is 35.6. The number of nitrogens with one attached hydrogen (secondary N) is 2. The predicted molar refractivity (Wildman–Crippen MR) is 73.9 cm³/mol. The molecule has 0 saturated carbocycles. The Labute approximate surface area is 117 Å². The van der Waals surface area contributed by atoms with Crippen molar-refractivity contribution < 1.29 is 9.72 Å². The average Bonchev–Trinajstić information content (AvgIpc) is 2.75. The van der Waals surface area contributed by atoms with Crippen molar-refractivity contribution in [1.29, 1.82) is 0 Å². The van der Waals surface area contributed by atoms with Gasteiger partial charge in [-0.3, -0.25) is 19.7 Å². The topological polar surface area (TPSA) is 105 Å². The van der Waals surface area contributed by atoms with E-state index in [0.717, 1.165) is 16.9 Å². The fraction of sp³-hybridized carbons (Fsp3) is 0.167. The van der Waals surface area contributed by atoms with Crippen LogP contribution in [0.25, 0.3) is 0 Å². The van der Waals surface area contributed by atoms with Crippen LogP contribution in [0.4, 0.5) is 5.69 Å². The van der Waals surface area contributed by atoms with Crippen LogP contribution in [0.3, 0.4) is 0 Å². The van der Waals surface area contributed by atoms with E-state index in [1.165, 1.54) is 12.1 Å². The smallest absolute Gasteiger partial charge is 0.305 e. The van der Waals surface area contributed by atoms with Crippen molar-refractivity contribution >= 4 is 22.9 Å². The van der Waals surface area contributed by atoms with Crippen LogP contribution in [0.5, 0.6) is 0 Å². The molecule has 2 rings (SSSR count). The number of H-pyrrole nitrogens is 1. The van der Waals surface area contributed by atoms with Crippen LogP contribution in [0.2, 0.25) is 0 Å². The lowest BCUT2D eigenvalue weighted by Crippen LogP contribution is -2.22. The number of nitro groups is 1. The maximum absolute atomic E-state index is 11.9. The van der Waals surface area contributed by atoms with E-state index in [2.05, 4.69) is 10.3 Å². The minimum Gasteiger partial charge on any atom is -0.347 e. The second-order valence-electron chi connectivity index (χ2n) is 4.07. The Bertz CT molecular complexity index is 702. The van der Waals surface area contributed by atoms with Crippen molar-refractivity contribution in [1.82, 2.24) is 10.3 Å². The van der Waals surface area contributed by atoms with Gasteiger partial charge in [-0.1, -0.05) is 23.5 Å². The van der Waals surface area contributed by atoms with Crippen LogP contribution in [0, 0.1) is 17.0 Å². The minimum absolute atomic E-state index is 0.000209. The van der Waals surface area contributed by atoms with Gasteiger partial charge in [-0.15, -0.1) is 0 Å². The van der Waals surface area contributed by atoms with E-state index in [9.17, 15) is 19.7 Å². The first-order valence-electron chi connectivity index (χ1n) is 5.68. The molecule has 1 amide bonds. The van der Waals surface area contributed by atoms with E-state index < -0.39 is 4.92 Å². The SMILES string of the molecule is Cc1[nH]c(=O)sc1C(=O)NCc1ccc([N+](=O)[O-])cc1. The monoisotopic (exact) mass is 293 g/mol. The normalized spacial score (nSPS) is 10.2. The highest BCUT2D eigenvalue weighted by Gasteiger charge is 2.13. The Balaban J connectivity index is 2.01. The first-order valence-corrected chi connectivity index (χ1v) is 6.50. The van der Waals surface area contributed by atoms with E-state index in [1.54, 1.807) is 19.1 Å². The van der Waals surface area contributed by atoms with Gasteiger partial charge in [0.1, 0.15) is 4.88 Å². The summed E-state index contributed by atoms with van der Waals surface area (Å²) in [6, 6.07) is 5.90. The number of benzene rings is 1. The summed E-state index contributed by atoms with van der Waals surface area (Å²) in [5.41, 5.74) is 1.27. The van der Waals surface area contributed by atoms with Gasteiger partial charge in [0.2, 0.25) is 0 Å². The summed E-state index contributed by atoms with van der Waals surface area (Å²) >= 11 is 0.851. The molecule has 0 radical (unpaired) electrons. The van der Waals surface area contributed by atoms with Crippen LogP contribution in [-0.4, -0.2) is 15.8 Å². The molecule has 7 nitrogen and oxygen atoms in total. The number of carbonyl (C=O) groups excluding carboxylic acids is 1. The average molecular weight is 293 g/mol. The Morgan fingerprint density at radius 1 is 1.40 bits per heavy atom. The Hall–Kier alpha value is -2.48. The summed E-state index contributed by atoms with van der Waals surface area (Å²) in [6.45, 7) is 1.89. The molecule has 0 aliphatic rings. The number of aryl methyl sites for hydroxylation is 1. The Kier molecular flexibility index (Phi) is 3.94. The van der Waals surface area contributed by atoms with Crippen molar-refractivity contribution in [2.75, 3.05) is 0 Å². The number of hydrogen-bond acceptors (Lipinski definition) is 5. The molecule has 0 aliphatic carbocycles. The third-order valence-corrected chi connectivity index (χ3v) is 3.61. The molecular formula is C12H11N3O4S. The summed E-state index contributed by atoms with van der Waals surface area (Å²) in [5.74, 6) is -0.343. The predicted octanol–water partition coefficient (Wildman–Crippen LogP) is 1.58. The third kappa shape index (κ3) is 3.09. The summed E-state index contributed by atoms with van der Waals surface area (Å²) in [5, 5.41) is 13.2. The van der Waals surface area contributed by atoms with E-state index in [0.29, 0.717) is 10.6 Å². The first kappa shape index (κ1) is 13.9. The number of nitro benzene ring substituents is 1. The first-order chi connectivity index (χ1) is 9.47. The van der Waals surface area contributed by atoms with Crippen LogP contribution in [0.15, 0.2) is 29.1 Å². The van der Waals surface area contributed by atoms with Crippen molar-refractivity contribution in [2.45, 2.75) is 13.5 Å². The zero-order chi connectivity index (χ0) is 14.7. The molecule has 0 saturated heterocycles. The zero-order valence-corrected chi connectivity index (χ0v) is 11.3. The number of thiazole rings is 1. The van der Waals surface area contributed by atoms with Gasteiger partial charge >= 0.3 is 4.87 Å². The van der Waals surface area contributed by atoms with E-state index in [4.69, 9.17) is 0 Å². The summed E-state index contributed by atoms with van der Waals surface area (Å²) in [7, 11) is 0. The standard InChI is InChI=1S/C12H11N3O4S/c1-7-10(20-12(17)14-7)11(16)13-6-8-2-4-9(5-3-8)15(18)19/h2-5H,6H2,1H3,(H,13,16)(H,14,17). The number of aromatic nitrogens is 1. The van der Waals surface area contributed by atoms with Gasteiger partial charge in [-0.05, 0) is 12.5 Å². The van der Waals surface area contributed by atoms with Crippen molar-refractivity contribution in [3.8, 4) is 0 Å². The van der Waals surface area contributed by atoms with Crippen LogP contribution >= 0.6 is 11.3 Å². The largest absolute Gasteiger partial charge is 0.347 e. The lowest BCUT2D eigenvalue weighted by molar-refractivity contribution is -0.384. The highest BCUT2D eigenvalue weighted by Crippen LogP contribution is 2.12. The lowest BCUT2D eigenvalue weighted by Gasteiger charge is -2.04. The van der Waals surface area contributed by atoms with Crippen molar-refractivity contribution in [3.05, 3.63) is 60.2 Å². The number of hydrogen-bond donors (Lipinski definition) is 2. The van der Waals surface area contributed by atoms with Gasteiger partial charge in [0.15, 0.2) is 0 Å². The zero-order valence-electron chi connectivity index (χ0n) is 10.5. The third-order valence-electron chi connectivity index (χ3n) is 2.63. The molecule has 0 spiro atoms. The molecule has 0 unspecified atom stereocenters. The fourth-order valence-corrected chi connectivity index (χ4v) is 2.38. The lowest BCUT2D eigenvalue weighted by atomic mass is 10.2. The highest BCUT2D eigenvalue weighted by atomic mass is 32.1. The van der Waals surface area contributed by atoms with Crippen LogP contribution < -0.4 is 10.2 Å². The maximum Gasteiger partial charge on any atom is 0.305 e. The molecule has 0 aliphatic heterocycles. The maximum atomic E-state index is 11.9. The number of carbonyl (C=O) groups is 1. The van der Waals surface area contributed by atoms with Gasteiger partial charge in [-0.2, -0.15) is 0 Å². The summed E-state index contributed by atoms with van der Waals surface area (Å²) < 4.78 is 0. The Morgan fingerprint density at radius 3 is 2.55 bits per heavy atom. The van der Waals surface area contributed by atoms with Crippen molar-refractivity contribution in [2.24, 2.45) is 0 Å². The summed E-state index contributed by atoms with van der Waals surface area (Å²) in [6.07, 6.45) is 0. The molecule has 1 aromatic carbocycles. The molecule has 1 aromatic heterocycles. The quantitative estimate of drug-likeness (QED) is 0.659. The molecule has 0 bridgehead atoms. The van der Waals surface area contributed by atoms with Gasteiger partial charge < -0.3 is 10.3 Å². The van der Waals surface area contributed by atoms with E-state index in [-0.39, 0.29) is 23.0 Å². The highest BCUT2D eigenvalue weighted by molar-refractivity contribution is 7.11. The van der Waals surface area contributed by atoms with Crippen molar-refractivity contribution in [3.63, 3.8) is 0 Å². The van der Waals surface area contributed by atoms with E-state index >= 15 is 0 Å². The molecular weight excluding hydrogens is 282 g/mol. The Morgan fingerprint density at radius 2 is 2.05 bits per heavy atom. The number of non-ortho nitro benzene ring substituents is 1. The van der Waals surface area contributed by atoms with Gasteiger partial charge in [0.25, 0.3) is 11.6 Å². The molecule has 20 heavy (non-hydrogen) atoms. The second kappa shape index (κ2) is 5.66. The number of aromatic amines is 1. The number of rotatable bonds is 4. The molecule has 0 fully saturated rings. The molecule has 0 atom stereocenters. The molecule has 2 aromatic rings. The van der Waals surface area contributed by atoms with Crippen LogP contribution in [0.1, 0.15) is 20.9 Å². The number of nitrogens with zero attached hydrogens (tertiary/aromatic N) is 1. The van der Waals surface area contributed by atoms with Gasteiger partial charge in [0, 0.05) is 24.4 Å². The fourth-order valence-electron chi connectivity index (χ4n) is 1.62. The molecule has 2 N–H and O–H groups in total. The minimum atomic E-state index is -0.483.